The van der Waals surface area contributed by atoms with E-state index in [9.17, 15) is 24.3 Å². The number of hydrogen-bond acceptors (Lipinski definition) is 13. The number of aromatic nitrogens is 4. The molecule has 2 aromatic rings. The highest BCUT2D eigenvalue weighted by atomic mass is 31.2. The number of fused-ring (bicyclic) bond motifs is 3. The summed E-state index contributed by atoms with van der Waals surface area (Å²) < 4.78 is 36.6. The number of H-pyrrole nitrogens is 1. The molecule has 0 saturated carbocycles. The molecular formula is C16H25N9O9P2. The molecule has 0 amide bonds. The second-order valence-electron chi connectivity index (χ2n) is 8.31. The number of anilines is 1. The van der Waals surface area contributed by atoms with Crippen LogP contribution in [-0.2, 0) is 23.1 Å². The summed E-state index contributed by atoms with van der Waals surface area (Å²) in [4.78, 5) is 43.6. The second-order valence-corrected chi connectivity index (χ2v) is 10.9. The highest BCUT2D eigenvalue weighted by Gasteiger charge is 2.48. The van der Waals surface area contributed by atoms with E-state index >= 15 is 0 Å². The van der Waals surface area contributed by atoms with E-state index in [2.05, 4.69) is 30.4 Å². The lowest BCUT2D eigenvalue weighted by atomic mass is 10.1. The van der Waals surface area contributed by atoms with Gasteiger partial charge in [0.25, 0.3) is 14.1 Å². The van der Waals surface area contributed by atoms with Gasteiger partial charge >= 0.3 is 7.75 Å². The zero-order valence-corrected chi connectivity index (χ0v) is 20.2. The lowest BCUT2D eigenvalue weighted by molar-refractivity contribution is -0.0233. The Kier molecular flexibility index (Phi) is 7.10. The predicted octanol–water partition coefficient (Wildman–Crippen LogP) is -2.45. The molecule has 0 bridgehead atoms. The highest BCUT2D eigenvalue weighted by molar-refractivity contribution is 7.50. The SMILES string of the molecule is N=CN[C@@H]1O[C@@H]2COP(O)N[C@H]3C[C@H](n4cnc5c(=O)[nH]c(N)nc54)O[C@@H]3COP(=O)(O)N[C@H]2[C@H]1O. The average Bonchev–Trinajstić information content (AvgIpc) is 3.48. The zero-order chi connectivity index (χ0) is 25.6. The normalized spacial score (nSPS) is 39.6. The molecule has 3 saturated heterocycles. The Morgan fingerprint density at radius 1 is 1.36 bits per heavy atom. The van der Waals surface area contributed by atoms with Crippen LogP contribution < -0.4 is 26.8 Å². The van der Waals surface area contributed by atoms with E-state index in [1.807, 2.05) is 0 Å². The third-order valence-electron chi connectivity index (χ3n) is 6.01. The Balaban J connectivity index is 1.37. The van der Waals surface area contributed by atoms with E-state index < -0.39 is 64.7 Å². The fraction of sp³-hybridized carbons (Fsp3) is 0.625. The summed E-state index contributed by atoms with van der Waals surface area (Å²) in [7, 11) is -6.69. The Hall–Kier alpha value is -2.08. The molecule has 36 heavy (non-hydrogen) atoms. The molecule has 0 radical (unpaired) electrons. The van der Waals surface area contributed by atoms with Crippen molar-refractivity contribution < 1.29 is 38.0 Å². The number of aliphatic hydroxyl groups is 1. The molecule has 2 unspecified atom stereocenters. The maximum Gasteiger partial charge on any atom is 0.403 e. The van der Waals surface area contributed by atoms with Crippen LogP contribution in [0.3, 0.4) is 0 Å². The van der Waals surface area contributed by atoms with Crippen molar-refractivity contribution in [3.05, 3.63) is 16.7 Å². The van der Waals surface area contributed by atoms with Crippen LogP contribution in [0.1, 0.15) is 12.6 Å². The van der Waals surface area contributed by atoms with E-state index in [1.54, 1.807) is 0 Å². The standard InChI is InChI=1S/C16H25N9O9P2/c17-4-19-15-12(26)10-8(34-15)2-31-35(28)23-6-1-9(33-7(6)3-32-36(29,30)24-10)25-5-20-11-13(25)21-16(18)22-14(11)27/h4-10,12,15,23,26,28H,1-3H2,(H2,17,19)(H2,24,29,30)(H3,18,21,22,27)/t6-,7+,8+,9+,10+,12+,15+,35?/m0/s1. The molecule has 20 heteroatoms. The quantitative estimate of drug-likeness (QED) is 0.109. The average molecular weight is 549 g/mol. The van der Waals surface area contributed by atoms with Crippen LogP contribution in [0.25, 0.3) is 11.2 Å². The van der Waals surface area contributed by atoms with Gasteiger partial charge in [0.05, 0.1) is 38.0 Å². The molecule has 2 aromatic heterocycles. The number of aromatic amines is 1. The number of nitrogen functional groups attached to an aromatic ring is 1. The molecule has 10 N–H and O–H groups in total. The van der Waals surface area contributed by atoms with Crippen molar-refractivity contribution in [1.82, 2.24) is 35.0 Å². The largest absolute Gasteiger partial charge is 0.403 e. The first-order chi connectivity index (χ1) is 17.1. The number of nitrogens with one attached hydrogen (secondary N) is 5. The summed E-state index contributed by atoms with van der Waals surface area (Å²) in [6.07, 6.45) is -2.48. The van der Waals surface area contributed by atoms with Crippen molar-refractivity contribution in [2.24, 2.45) is 0 Å². The van der Waals surface area contributed by atoms with Crippen molar-refractivity contribution in [1.29, 1.82) is 5.41 Å². The Labute approximate surface area is 203 Å². The summed E-state index contributed by atoms with van der Waals surface area (Å²) in [6, 6.07) is -1.71. The number of nitrogens with two attached hydrogens (primary N) is 1. The van der Waals surface area contributed by atoms with Crippen molar-refractivity contribution in [3.8, 4) is 0 Å². The van der Waals surface area contributed by atoms with Gasteiger partial charge in [-0.2, -0.15) is 4.98 Å². The minimum atomic E-state index is -4.48. The van der Waals surface area contributed by atoms with Gasteiger partial charge in [0.2, 0.25) is 5.95 Å². The molecule has 9 atom stereocenters. The van der Waals surface area contributed by atoms with Gasteiger partial charge in [0.1, 0.15) is 18.4 Å². The third kappa shape index (κ3) is 5.03. The summed E-state index contributed by atoms with van der Waals surface area (Å²) in [6.45, 7) is -0.628. The smallest absolute Gasteiger partial charge is 0.387 e. The van der Waals surface area contributed by atoms with Gasteiger partial charge < -0.3 is 39.9 Å². The van der Waals surface area contributed by atoms with Gasteiger partial charge in [-0.3, -0.25) is 24.3 Å². The Morgan fingerprint density at radius 3 is 2.94 bits per heavy atom. The van der Waals surface area contributed by atoms with Crippen LogP contribution in [0.2, 0.25) is 0 Å². The molecule has 18 nitrogen and oxygen atoms in total. The van der Waals surface area contributed by atoms with Crippen LogP contribution in [0.5, 0.6) is 0 Å². The number of hydrogen-bond donors (Lipinski definition) is 9. The number of imidazole rings is 1. The maximum absolute atomic E-state index is 12.8. The third-order valence-corrected chi connectivity index (χ3v) is 8.08. The summed E-state index contributed by atoms with van der Waals surface area (Å²) >= 11 is 0. The van der Waals surface area contributed by atoms with Crippen LogP contribution in [0, 0.1) is 5.41 Å². The molecule has 3 aliphatic heterocycles. The van der Waals surface area contributed by atoms with Crippen LogP contribution >= 0.6 is 16.3 Å². The molecule has 0 spiro atoms. The second kappa shape index (κ2) is 10.00. The number of nitrogens with zero attached hydrogens (tertiary/aromatic N) is 3. The first kappa shape index (κ1) is 25.6. The van der Waals surface area contributed by atoms with E-state index in [-0.39, 0.29) is 36.7 Å². The highest BCUT2D eigenvalue weighted by Crippen LogP contribution is 2.44. The Morgan fingerprint density at radius 2 is 2.17 bits per heavy atom. The summed E-state index contributed by atoms with van der Waals surface area (Å²) in [5.74, 6) is -0.104. The maximum atomic E-state index is 12.8. The number of aliphatic hydroxyl groups excluding tert-OH is 1. The number of rotatable bonds is 3. The zero-order valence-electron chi connectivity index (χ0n) is 18.4. The fourth-order valence-corrected chi connectivity index (χ4v) is 6.39. The molecule has 198 valence electrons. The minimum Gasteiger partial charge on any atom is -0.387 e. The minimum absolute atomic E-state index is 0.0561. The molecule has 0 aliphatic carbocycles. The first-order valence-corrected chi connectivity index (χ1v) is 13.5. The molecule has 5 rings (SSSR count). The molecule has 0 aromatic carbocycles. The van der Waals surface area contributed by atoms with E-state index in [1.165, 1.54) is 10.9 Å². The lowest BCUT2D eigenvalue weighted by Crippen LogP contribution is -2.47. The van der Waals surface area contributed by atoms with Crippen molar-refractivity contribution in [3.63, 3.8) is 0 Å². The van der Waals surface area contributed by atoms with Gasteiger partial charge in [-0.25, -0.2) is 19.7 Å². The molecule has 3 fully saturated rings. The molecule has 5 heterocycles. The van der Waals surface area contributed by atoms with Gasteiger partial charge in [-0.15, -0.1) is 0 Å². The molecular weight excluding hydrogens is 524 g/mol. The fourth-order valence-electron chi connectivity index (χ4n) is 4.35. The van der Waals surface area contributed by atoms with E-state index in [0.717, 1.165) is 6.34 Å². The van der Waals surface area contributed by atoms with Crippen molar-refractivity contribution in [2.75, 3.05) is 18.9 Å². The number of ether oxygens (including phenoxy) is 2. The van der Waals surface area contributed by atoms with Crippen LogP contribution in [0.4, 0.5) is 5.95 Å². The van der Waals surface area contributed by atoms with Gasteiger partial charge in [0.15, 0.2) is 17.4 Å². The predicted molar refractivity (Wildman–Crippen MR) is 122 cm³/mol. The first-order valence-electron chi connectivity index (χ1n) is 10.7. The Bertz CT molecular complexity index is 1230. The van der Waals surface area contributed by atoms with Crippen molar-refractivity contribution in [2.45, 2.75) is 49.3 Å². The summed E-state index contributed by atoms with van der Waals surface area (Å²) in [5, 5.41) is 25.4. The van der Waals surface area contributed by atoms with Crippen LogP contribution in [0.15, 0.2) is 11.1 Å². The van der Waals surface area contributed by atoms with Gasteiger partial charge in [0, 0.05) is 12.5 Å². The lowest BCUT2D eigenvalue weighted by Gasteiger charge is -2.28. The van der Waals surface area contributed by atoms with Gasteiger partial charge in [-0.05, 0) is 0 Å². The monoisotopic (exact) mass is 549 g/mol. The van der Waals surface area contributed by atoms with E-state index in [0.29, 0.717) is 0 Å². The van der Waals surface area contributed by atoms with Crippen molar-refractivity contribution >= 4 is 39.7 Å². The summed E-state index contributed by atoms with van der Waals surface area (Å²) in [5.41, 5.74) is 5.38. The van der Waals surface area contributed by atoms with E-state index in [4.69, 9.17) is 29.7 Å². The topological polar surface area (TPSA) is 264 Å². The molecule has 3 aliphatic rings. The van der Waals surface area contributed by atoms with Gasteiger partial charge in [-0.1, -0.05) is 0 Å². The van der Waals surface area contributed by atoms with Crippen LogP contribution in [-0.4, -0.2) is 90.6 Å².